The molecule has 1 aromatic carbocycles. The van der Waals surface area contributed by atoms with Crippen LogP contribution in [0.1, 0.15) is 46.6 Å². The molecule has 0 fully saturated rings. The number of halogens is 2. The van der Waals surface area contributed by atoms with Crippen LogP contribution >= 0.6 is 0 Å². The van der Waals surface area contributed by atoms with Crippen molar-refractivity contribution in [2.24, 2.45) is 11.8 Å². The lowest BCUT2D eigenvalue weighted by Gasteiger charge is -2.26. The lowest BCUT2D eigenvalue weighted by molar-refractivity contribution is 0.329. The third kappa shape index (κ3) is 6.47. The topological polar surface area (TPSA) is 12.0 Å². The summed E-state index contributed by atoms with van der Waals surface area (Å²) in [7, 11) is 0. The average Bonchev–Trinajstić information content (AvgIpc) is 2.28. The Balaban J connectivity index is 2.73. The molecule has 1 rings (SSSR count). The molecule has 0 heterocycles. The minimum absolute atomic E-state index is 0.0522. The van der Waals surface area contributed by atoms with Gasteiger partial charge in [-0.2, -0.15) is 0 Å². The maximum atomic E-state index is 13.8. The molecular formula is C17H27F2N. The van der Waals surface area contributed by atoms with Gasteiger partial charge in [-0.1, -0.05) is 19.9 Å². The first-order valence-electron chi connectivity index (χ1n) is 7.36. The molecule has 0 amide bonds. The molecule has 1 atom stereocenters. The highest BCUT2D eigenvalue weighted by molar-refractivity contribution is 5.19. The Morgan fingerprint density at radius 3 is 2.30 bits per heavy atom. The van der Waals surface area contributed by atoms with Crippen molar-refractivity contribution in [1.29, 1.82) is 0 Å². The van der Waals surface area contributed by atoms with Gasteiger partial charge in [0.2, 0.25) is 0 Å². The van der Waals surface area contributed by atoms with Crippen molar-refractivity contribution in [2.75, 3.05) is 6.54 Å². The van der Waals surface area contributed by atoms with Crippen LogP contribution in [0.25, 0.3) is 0 Å². The summed E-state index contributed by atoms with van der Waals surface area (Å²) in [6.07, 6.45) is 1.67. The largest absolute Gasteiger partial charge is 0.312 e. The Hall–Kier alpha value is -0.960. The second-order valence-corrected chi connectivity index (χ2v) is 7.07. The van der Waals surface area contributed by atoms with Gasteiger partial charge in [0, 0.05) is 11.6 Å². The molecule has 114 valence electrons. The summed E-state index contributed by atoms with van der Waals surface area (Å²) in [4.78, 5) is 0. The van der Waals surface area contributed by atoms with Gasteiger partial charge in [-0.25, -0.2) is 8.78 Å². The Morgan fingerprint density at radius 2 is 1.80 bits per heavy atom. The minimum Gasteiger partial charge on any atom is -0.312 e. The lowest BCUT2D eigenvalue weighted by atomic mass is 9.90. The van der Waals surface area contributed by atoms with Crippen LogP contribution in [0.15, 0.2) is 18.2 Å². The highest BCUT2D eigenvalue weighted by Gasteiger charge is 2.17. The van der Waals surface area contributed by atoms with Gasteiger partial charge in [-0.15, -0.1) is 0 Å². The van der Waals surface area contributed by atoms with E-state index in [-0.39, 0.29) is 5.54 Å². The second-order valence-electron chi connectivity index (χ2n) is 7.07. The van der Waals surface area contributed by atoms with Crippen LogP contribution in [0, 0.1) is 23.5 Å². The third-order valence-electron chi connectivity index (χ3n) is 3.25. The molecular weight excluding hydrogens is 256 g/mol. The first kappa shape index (κ1) is 17.1. The van der Waals surface area contributed by atoms with E-state index in [0.29, 0.717) is 23.8 Å². The maximum Gasteiger partial charge on any atom is 0.129 e. The van der Waals surface area contributed by atoms with Crippen molar-refractivity contribution in [1.82, 2.24) is 5.32 Å². The standard InChI is InChI=1S/C17H27F2N/c1-12(2)8-13(11-20-17(3,4)5)9-14-6-7-15(18)10-16(14)19/h6-7,10,12-13,20H,8-9,11H2,1-5H3. The summed E-state index contributed by atoms with van der Waals surface area (Å²) in [6.45, 7) is 11.6. The predicted molar refractivity (Wildman–Crippen MR) is 80.8 cm³/mol. The molecule has 0 aliphatic rings. The van der Waals surface area contributed by atoms with Crippen LogP contribution in [0.3, 0.4) is 0 Å². The molecule has 0 aliphatic heterocycles. The van der Waals surface area contributed by atoms with Crippen molar-refractivity contribution < 1.29 is 8.78 Å². The van der Waals surface area contributed by atoms with Gasteiger partial charge in [-0.3, -0.25) is 0 Å². The third-order valence-corrected chi connectivity index (χ3v) is 3.25. The average molecular weight is 283 g/mol. The van der Waals surface area contributed by atoms with Gasteiger partial charge in [0.1, 0.15) is 11.6 Å². The molecule has 1 unspecified atom stereocenters. The Bertz CT molecular complexity index is 421. The van der Waals surface area contributed by atoms with Crippen LogP contribution < -0.4 is 5.32 Å². The first-order valence-corrected chi connectivity index (χ1v) is 7.36. The predicted octanol–water partition coefficient (Wildman–Crippen LogP) is 4.56. The molecule has 0 radical (unpaired) electrons. The molecule has 1 N–H and O–H groups in total. The van der Waals surface area contributed by atoms with Gasteiger partial charge in [0.25, 0.3) is 0 Å². The van der Waals surface area contributed by atoms with E-state index >= 15 is 0 Å². The number of hydrogen-bond donors (Lipinski definition) is 1. The zero-order chi connectivity index (χ0) is 15.3. The van der Waals surface area contributed by atoms with Crippen LogP contribution in [0.4, 0.5) is 8.78 Å². The van der Waals surface area contributed by atoms with E-state index in [4.69, 9.17) is 0 Å². The Morgan fingerprint density at radius 1 is 1.15 bits per heavy atom. The van der Waals surface area contributed by atoms with Gasteiger partial charge in [-0.05, 0) is 63.6 Å². The monoisotopic (exact) mass is 283 g/mol. The summed E-state index contributed by atoms with van der Waals surface area (Å²) in [5.41, 5.74) is 0.657. The Kier molecular flexibility index (Phi) is 6.12. The summed E-state index contributed by atoms with van der Waals surface area (Å²) in [5, 5.41) is 3.48. The number of rotatable bonds is 6. The molecule has 1 aromatic rings. The van der Waals surface area contributed by atoms with E-state index < -0.39 is 11.6 Å². The van der Waals surface area contributed by atoms with Crippen LogP contribution in [-0.2, 0) is 6.42 Å². The number of nitrogens with one attached hydrogen (secondary N) is 1. The molecule has 0 spiro atoms. The van der Waals surface area contributed by atoms with Crippen LogP contribution in [-0.4, -0.2) is 12.1 Å². The van der Waals surface area contributed by atoms with E-state index in [1.807, 2.05) is 0 Å². The molecule has 3 heteroatoms. The maximum absolute atomic E-state index is 13.8. The fourth-order valence-corrected chi connectivity index (χ4v) is 2.35. The normalized spacial score (nSPS) is 13.8. The van der Waals surface area contributed by atoms with Crippen molar-refractivity contribution in [3.05, 3.63) is 35.4 Å². The van der Waals surface area contributed by atoms with Gasteiger partial charge >= 0.3 is 0 Å². The molecule has 0 aromatic heterocycles. The second kappa shape index (κ2) is 7.16. The zero-order valence-electron chi connectivity index (χ0n) is 13.3. The van der Waals surface area contributed by atoms with Crippen LogP contribution in [0.2, 0.25) is 0 Å². The molecule has 0 saturated heterocycles. The summed E-state index contributed by atoms with van der Waals surface area (Å²) in [5.74, 6) is -0.0338. The highest BCUT2D eigenvalue weighted by atomic mass is 19.1. The fraction of sp³-hybridized carbons (Fsp3) is 0.647. The smallest absolute Gasteiger partial charge is 0.129 e. The molecule has 0 aliphatic carbocycles. The van der Waals surface area contributed by atoms with Crippen molar-refractivity contribution in [2.45, 2.75) is 53.0 Å². The van der Waals surface area contributed by atoms with Gasteiger partial charge < -0.3 is 5.32 Å². The van der Waals surface area contributed by atoms with E-state index in [9.17, 15) is 8.78 Å². The van der Waals surface area contributed by atoms with E-state index in [1.165, 1.54) is 6.07 Å². The SMILES string of the molecule is CC(C)CC(CNC(C)(C)C)Cc1ccc(F)cc1F. The number of hydrogen-bond acceptors (Lipinski definition) is 1. The molecule has 0 saturated carbocycles. The van der Waals surface area contributed by atoms with E-state index in [1.54, 1.807) is 6.07 Å². The number of benzene rings is 1. The van der Waals surface area contributed by atoms with Crippen molar-refractivity contribution in [3.63, 3.8) is 0 Å². The van der Waals surface area contributed by atoms with E-state index in [2.05, 4.69) is 39.9 Å². The Labute approximate surface area is 121 Å². The van der Waals surface area contributed by atoms with Gasteiger partial charge in [0.05, 0.1) is 0 Å². The van der Waals surface area contributed by atoms with Crippen molar-refractivity contribution >= 4 is 0 Å². The lowest BCUT2D eigenvalue weighted by Crippen LogP contribution is -2.40. The molecule has 20 heavy (non-hydrogen) atoms. The zero-order valence-corrected chi connectivity index (χ0v) is 13.3. The fourth-order valence-electron chi connectivity index (χ4n) is 2.35. The van der Waals surface area contributed by atoms with E-state index in [0.717, 1.165) is 19.0 Å². The quantitative estimate of drug-likeness (QED) is 0.807. The first-order chi connectivity index (χ1) is 9.17. The highest BCUT2D eigenvalue weighted by Crippen LogP contribution is 2.20. The van der Waals surface area contributed by atoms with Crippen LogP contribution in [0.5, 0.6) is 0 Å². The summed E-state index contributed by atoms with van der Waals surface area (Å²) < 4.78 is 26.7. The summed E-state index contributed by atoms with van der Waals surface area (Å²) >= 11 is 0. The minimum atomic E-state index is -0.514. The molecule has 0 bridgehead atoms. The van der Waals surface area contributed by atoms with Gasteiger partial charge in [0.15, 0.2) is 0 Å². The summed E-state index contributed by atoms with van der Waals surface area (Å²) in [6, 6.07) is 3.87. The van der Waals surface area contributed by atoms with Crippen molar-refractivity contribution in [3.8, 4) is 0 Å². The molecule has 1 nitrogen and oxygen atoms in total.